The van der Waals surface area contributed by atoms with Gasteiger partial charge in [0.25, 0.3) is 0 Å². The number of benzene rings is 1. The van der Waals surface area contributed by atoms with Gasteiger partial charge < -0.3 is 10.8 Å². The lowest BCUT2D eigenvalue weighted by molar-refractivity contribution is -0.143. The molecule has 1 aromatic carbocycles. The van der Waals surface area contributed by atoms with Crippen LogP contribution in [0.3, 0.4) is 0 Å². The predicted molar refractivity (Wildman–Crippen MR) is 70.3 cm³/mol. The van der Waals surface area contributed by atoms with Gasteiger partial charge in [-0.3, -0.25) is 14.5 Å². The minimum atomic E-state index is -0.755. The average molecular weight is 262 g/mol. The molecule has 0 aliphatic carbocycles. The molecule has 0 radical (unpaired) electrons. The molecule has 1 aliphatic heterocycles. The first-order valence-corrected chi connectivity index (χ1v) is 6.40. The largest absolute Gasteiger partial charge is 0.481 e. The molecule has 0 aromatic heterocycles. The van der Waals surface area contributed by atoms with E-state index in [1.165, 1.54) is 0 Å². The minimum absolute atomic E-state index is 0.305. The van der Waals surface area contributed by atoms with Gasteiger partial charge >= 0.3 is 5.97 Å². The van der Waals surface area contributed by atoms with E-state index in [4.69, 9.17) is 10.8 Å². The molecule has 1 aliphatic rings. The van der Waals surface area contributed by atoms with E-state index in [0.29, 0.717) is 25.9 Å². The normalized spacial score (nSPS) is 18.9. The zero-order valence-electron chi connectivity index (χ0n) is 10.7. The van der Waals surface area contributed by atoms with Crippen LogP contribution < -0.4 is 5.73 Å². The van der Waals surface area contributed by atoms with Crippen molar-refractivity contribution in [1.82, 2.24) is 4.90 Å². The van der Waals surface area contributed by atoms with E-state index < -0.39 is 12.0 Å². The molecule has 1 unspecified atom stereocenters. The van der Waals surface area contributed by atoms with E-state index >= 15 is 0 Å². The summed E-state index contributed by atoms with van der Waals surface area (Å²) in [6.45, 7) is 1.17. The average Bonchev–Trinajstić information content (AvgIpc) is 2.40. The molecule has 1 saturated heterocycles. The maximum absolute atomic E-state index is 11.7. The number of nitrogens with two attached hydrogens (primary N) is 1. The number of primary amides is 1. The molecule has 3 N–H and O–H groups in total. The number of likely N-dealkylation sites (tertiary alicyclic amines) is 1. The first kappa shape index (κ1) is 13.5. The van der Waals surface area contributed by atoms with Crippen molar-refractivity contribution in [1.29, 1.82) is 0 Å². The Bertz CT molecular complexity index is 453. The lowest BCUT2D eigenvalue weighted by Crippen LogP contribution is -2.43. The predicted octanol–water partition coefficient (Wildman–Crippen LogP) is 1.01. The highest BCUT2D eigenvalue weighted by atomic mass is 16.4. The summed E-state index contributed by atoms with van der Waals surface area (Å²) in [5, 5.41) is 8.98. The molecule has 1 heterocycles. The van der Waals surface area contributed by atoms with Gasteiger partial charge in [0.05, 0.1) is 5.92 Å². The van der Waals surface area contributed by atoms with E-state index in [2.05, 4.69) is 0 Å². The van der Waals surface area contributed by atoms with Gasteiger partial charge in [0, 0.05) is 13.1 Å². The Balaban J connectivity index is 2.10. The molecule has 2 rings (SSSR count). The van der Waals surface area contributed by atoms with Gasteiger partial charge in [-0.05, 0) is 18.4 Å². The number of aliphatic carboxylic acids is 1. The van der Waals surface area contributed by atoms with Crippen molar-refractivity contribution in [2.75, 3.05) is 13.1 Å². The number of rotatable bonds is 4. The molecule has 5 heteroatoms. The minimum Gasteiger partial charge on any atom is -0.481 e. The van der Waals surface area contributed by atoms with Gasteiger partial charge in [0.1, 0.15) is 6.04 Å². The fourth-order valence-electron chi connectivity index (χ4n) is 2.59. The number of nitrogens with zero attached hydrogens (tertiary/aromatic N) is 1. The molecule has 1 atom stereocenters. The lowest BCUT2D eigenvalue weighted by atomic mass is 9.94. The summed E-state index contributed by atoms with van der Waals surface area (Å²) in [5.41, 5.74) is 6.36. The quantitative estimate of drug-likeness (QED) is 0.848. The van der Waals surface area contributed by atoms with Crippen LogP contribution in [0.4, 0.5) is 0 Å². The van der Waals surface area contributed by atoms with Crippen molar-refractivity contribution < 1.29 is 14.7 Å². The zero-order chi connectivity index (χ0) is 13.8. The van der Waals surface area contributed by atoms with E-state index in [1.54, 1.807) is 0 Å². The summed E-state index contributed by atoms with van der Waals surface area (Å²) < 4.78 is 0. The van der Waals surface area contributed by atoms with E-state index in [0.717, 1.165) is 5.56 Å². The maximum atomic E-state index is 11.7. The number of hydrogen-bond acceptors (Lipinski definition) is 3. The summed E-state index contributed by atoms with van der Waals surface area (Å²) in [4.78, 5) is 24.6. The SMILES string of the molecule is NC(=O)C(c1ccccc1)N1CCC(C(=O)O)CC1. The molecule has 102 valence electrons. The van der Waals surface area contributed by atoms with Gasteiger partial charge in [0.15, 0.2) is 0 Å². The fourth-order valence-corrected chi connectivity index (χ4v) is 2.59. The fraction of sp³-hybridized carbons (Fsp3) is 0.429. The van der Waals surface area contributed by atoms with Crippen LogP contribution in [0.1, 0.15) is 24.4 Å². The third-order valence-corrected chi connectivity index (χ3v) is 3.63. The Hall–Kier alpha value is -1.88. The number of hydrogen-bond donors (Lipinski definition) is 2. The van der Waals surface area contributed by atoms with Crippen LogP contribution >= 0.6 is 0 Å². The third-order valence-electron chi connectivity index (χ3n) is 3.63. The molecule has 5 nitrogen and oxygen atoms in total. The van der Waals surface area contributed by atoms with Gasteiger partial charge in [-0.2, -0.15) is 0 Å². The van der Waals surface area contributed by atoms with Crippen LogP contribution in [-0.4, -0.2) is 35.0 Å². The number of carbonyl (C=O) groups excluding carboxylic acids is 1. The van der Waals surface area contributed by atoms with E-state index in [-0.39, 0.29) is 11.8 Å². The summed E-state index contributed by atoms with van der Waals surface area (Å²) in [6, 6.07) is 8.91. The topological polar surface area (TPSA) is 83.6 Å². The van der Waals surface area contributed by atoms with Gasteiger partial charge in [-0.25, -0.2) is 0 Å². The van der Waals surface area contributed by atoms with Crippen molar-refractivity contribution in [3.63, 3.8) is 0 Å². The highest BCUT2D eigenvalue weighted by molar-refractivity contribution is 5.81. The molecule has 0 saturated carbocycles. The van der Waals surface area contributed by atoms with Gasteiger partial charge in [0.2, 0.25) is 5.91 Å². The van der Waals surface area contributed by atoms with Crippen molar-refractivity contribution in [2.24, 2.45) is 11.7 Å². The second kappa shape index (κ2) is 5.84. The highest BCUT2D eigenvalue weighted by Crippen LogP contribution is 2.26. The molecule has 1 aromatic rings. The van der Waals surface area contributed by atoms with Crippen molar-refractivity contribution >= 4 is 11.9 Å². The molecule has 1 fully saturated rings. The molecule has 0 spiro atoms. The Morgan fingerprint density at radius 3 is 2.26 bits per heavy atom. The van der Waals surface area contributed by atoms with Gasteiger partial charge in [-0.15, -0.1) is 0 Å². The van der Waals surface area contributed by atoms with Crippen molar-refractivity contribution in [2.45, 2.75) is 18.9 Å². The summed E-state index contributed by atoms with van der Waals surface area (Å²) >= 11 is 0. The number of carbonyl (C=O) groups is 2. The van der Waals surface area contributed by atoms with Crippen LogP contribution in [-0.2, 0) is 9.59 Å². The first-order chi connectivity index (χ1) is 9.09. The Labute approximate surface area is 112 Å². The Kier molecular flexibility index (Phi) is 4.16. The second-order valence-corrected chi connectivity index (χ2v) is 4.86. The molecule has 19 heavy (non-hydrogen) atoms. The van der Waals surface area contributed by atoms with E-state index in [9.17, 15) is 9.59 Å². The van der Waals surface area contributed by atoms with Crippen molar-refractivity contribution in [3.8, 4) is 0 Å². The zero-order valence-corrected chi connectivity index (χ0v) is 10.7. The van der Waals surface area contributed by atoms with Crippen molar-refractivity contribution in [3.05, 3.63) is 35.9 Å². The molecule has 1 amide bonds. The number of carboxylic acids is 1. The summed E-state index contributed by atoms with van der Waals surface area (Å²) in [6.07, 6.45) is 1.12. The van der Waals surface area contributed by atoms with Crippen LogP contribution in [0.5, 0.6) is 0 Å². The van der Waals surface area contributed by atoms with Gasteiger partial charge in [-0.1, -0.05) is 30.3 Å². The number of piperidine rings is 1. The summed E-state index contributed by atoms with van der Waals surface area (Å²) in [5.74, 6) is -1.45. The Morgan fingerprint density at radius 2 is 1.79 bits per heavy atom. The highest BCUT2D eigenvalue weighted by Gasteiger charge is 2.31. The van der Waals surface area contributed by atoms with Crippen LogP contribution in [0.15, 0.2) is 30.3 Å². The first-order valence-electron chi connectivity index (χ1n) is 6.40. The summed E-state index contributed by atoms with van der Waals surface area (Å²) in [7, 11) is 0. The maximum Gasteiger partial charge on any atom is 0.306 e. The number of amides is 1. The third kappa shape index (κ3) is 3.12. The van der Waals surface area contributed by atoms with Crippen LogP contribution in [0, 0.1) is 5.92 Å². The molecular formula is C14H18N2O3. The smallest absolute Gasteiger partial charge is 0.306 e. The monoisotopic (exact) mass is 262 g/mol. The van der Waals surface area contributed by atoms with Crippen LogP contribution in [0.25, 0.3) is 0 Å². The standard InChI is InChI=1S/C14H18N2O3/c15-13(17)12(10-4-2-1-3-5-10)16-8-6-11(7-9-16)14(18)19/h1-5,11-12H,6-9H2,(H2,15,17)(H,18,19). The second-order valence-electron chi connectivity index (χ2n) is 4.86. The lowest BCUT2D eigenvalue weighted by Gasteiger charge is -2.35. The Morgan fingerprint density at radius 1 is 1.21 bits per heavy atom. The molecule has 0 bridgehead atoms. The van der Waals surface area contributed by atoms with E-state index in [1.807, 2.05) is 35.2 Å². The number of carboxylic acid groups (broad SMARTS) is 1. The molecular weight excluding hydrogens is 244 g/mol. The van der Waals surface area contributed by atoms with Crippen LogP contribution in [0.2, 0.25) is 0 Å².